The van der Waals surface area contributed by atoms with E-state index in [1.807, 2.05) is 24.0 Å². The van der Waals surface area contributed by atoms with Crippen molar-refractivity contribution < 1.29 is 23.8 Å². The Bertz CT molecular complexity index is 1390. The van der Waals surface area contributed by atoms with E-state index in [4.69, 9.17) is 9.15 Å². The van der Waals surface area contributed by atoms with E-state index >= 15 is 0 Å². The smallest absolute Gasteiger partial charge is 0.251 e. The van der Waals surface area contributed by atoms with Gasteiger partial charge >= 0.3 is 0 Å². The number of fused-ring (bicyclic) bond motifs is 1. The van der Waals surface area contributed by atoms with Crippen LogP contribution in [0.4, 0.5) is 0 Å². The summed E-state index contributed by atoms with van der Waals surface area (Å²) in [5.41, 5.74) is 4.71. The number of nitrogens with one attached hydrogen (secondary N) is 1. The summed E-state index contributed by atoms with van der Waals surface area (Å²) in [6.45, 7) is 8.92. The van der Waals surface area contributed by atoms with Crippen molar-refractivity contribution in [2.75, 3.05) is 26.2 Å². The highest BCUT2D eigenvalue weighted by Crippen LogP contribution is 2.27. The van der Waals surface area contributed by atoms with Crippen LogP contribution in [-0.4, -0.2) is 75.0 Å². The number of carbonyl (C=O) groups is 2. The van der Waals surface area contributed by atoms with Crippen LogP contribution >= 0.6 is 0 Å². The maximum atomic E-state index is 12.9. The van der Waals surface area contributed by atoms with Crippen LogP contribution in [-0.2, 0) is 30.8 Å². The first-order valence-corrected chi connectivity index (χ1v) is 14.8. The van der Waals surface area contributed by atoms with Crippen LogP contribution < -0.4 is 10.1 Å². The monoisotopic (exact) mass is 575 g/mol. The molecule has 0 radical (unpaired) electrons. The van der Waals surface area contributed by atoms with Crippen LogP contribution in [0.15, 0.2) is 47.3 Å². The number of aliphatic hydroxyl groups excluding tert-OH is 1. The highest BCUT2D eigenvalue weighted by molar-refractivity contribution is 5.94. The molecule has 0 aliphatic carbocycles. The molecule has 1 fully saturated rings. The molecule has 2 aromatic heterocycles. The Hall–Kier alpha value is -3.76. The summed E-state index contributed by atoms with van der Waals surface area (Å²) < 4.78 is 11.2. The van der Waals surface area contributed by atoms with Gasteiger partial charge in [0.05, 0.1) is 11.8 Å². The predicted octanol–water partition coefficient (Wildman–Crippen LogP) is 3.30. The lowest BCUT2D eigenvalue weighted by Gasteiger charge is -2.37. The number of carbonyl (C=O) groups excluding carboxylic acids is 2. The normalized spacial score (nSPS) is 19.7. The van der Waals surface area contributed by atoms with E-state index in [2.05, 4.69) is 39.2 Å². The highest BCUT2D eigenvalue weighted by Gasteiger charge is 2.27. The zero-order chi connectivity index (χ0) is 29.6. The molecule has 1 aromatic carbocycles. The molecular formula is C32H41N5O5. The van der Waals surface area contributed by atoms with Crippen LogP contribution in [0.5, 0.6) is 5.75 Å². The molecule has 4 heterocycles. The van der Waals surface area contributed by atoms with E-state index in [0.29, 0.717) is 24.6 Å². The number of nitrogens with zero attached hydrogens (tertiary/aromatic N) is 4. The van der Waals surface area contributed by atoms with E-state index in [0.717, 1.165) is 68.2 Å². The van der Waals surface area contributed by atoms with Gasteiger partial charge in [0, 0.05) is 63.1 Å². The molecule has 2 aliphatic rings. The van der Waals surface area contributed by atoms with Gasteiger partial charge in [0.15, 0.2) is 12.2 Å². The molecule has 2 aliphatic heterocycles. The van der Waals surface area contributed by atoms with Crippen molar-refractivity contribution in [2.24, 2.45) is 5.92 Å². The first-order chi connectivity index (χ1) is 20.2. The van der Waals surface area contributed by atoms with Crippen molar-refractivity contribution in [1.82, 2.24) is 25.1 Å². The van der Waals surface area contributed by atoms with Crippen LogP contribution in [0.2, 0.25) is 0 Å². The minimum absolute atomic E-state index is 0.125. The van der Waals surface area contributed by atoms with Gasteiger partial charge in [0.1, 0.15) is 12.4 Å². The molecule has 2 N–H and O–H groups in total. The first kappa shape index (κ1) is 29.7. The van der Waals surface area contributed by atoms with E-state index < -0.39 is 6.10 Å². The molecule has 224 valence electrons. The number of hydrogen-bond donors (Lipinski definition) is 2. The maximum absolute atomic E-state index is 12.9. The average molecular weight is 576 g/mol. The largest absolute Gasteiger partial charge is 0.486 e. The number of ether oxygens (including phenoxy) is 1. The summed E-state index contributed by atoms with van der Waals surface area (Å²) in [6, 6.07) is 9.88. The molecule has 10 nitrogen and oxygen atoms in total. The van der Waals surface area contributed by atoms with Crippen molar-refractivity contribution >= 4 is 11.8 Å². The molecule has 0 bridgehead atoms. The van der Waals surface area contributed by atoms with Crippen LogP contribution in [0.3, 0.4) is 0 Å². The number of aliphatic hydroxyl groups is 1. The third-order valence-corrected chi connectivity index (χ3v) is 8.42. The van der Waals surface area contributed by atoms with Crippen LogP contribution in [0.25, 0.3) is 0 Å². The Morgan fingerprint density at radius 2 is 2.05 bits per heavy atom. The summed E-state index contributed by atoms with van der Waals surface area (Å²) >= 11 is 0. The summed E-state index contributed by atoms with van der Waals surface area (Å²) in [6.07, 6.45) is 5.93. The second-order valence-corrected chi connectivity index (χ2v) is 11.6. The van der Waals surface area contributed by atoms with Gasteiger partial charge in [-0.2, -0.15) is 0 Å². The number of aryl methyl sites for hydroxylation is 1. The Morgan fingerprint density at radius 3 is 2.81 bits per heavy atom. The van der Waals surface area contributed by atoms with E-state index in [1.54, 1.807) is 19.2 Å². The maximum Gasteiger partial charge on any atom is 0.251 e. The molecule has 0 spiro atoms. The number of likely N-dealkylation sites (tertiary alicyclic amines) is 1. The molecule has 0 saturated carbocycles. The van der Waals surface area contributed by atoms with E-state index in [1.165, 1.54) is 17.5 Å². The first-order valence-electron chi connectivity index (χ1n) is 14.8. The standard InChI is InChI=1S/C32H41N5O5/c1-21-12-24(7-11-37(21)23(3)38)13-28-14-26(6-9-33-28)32(40)34-16-29(39)18-36-10-8-25-15-30(5-4-27(25)17-36)41-19-31-22(2)35-20-42-31/h4-6,9,14-15,20-21,24,29,39H,7-8,10-13,16-19H2,1-3H3,(H,34,40)/t21-,24+,29+/m1/s1. The minimum Gasteiger partial charge on any atom is -0.486 e. The third-order valence-electron chi connectivity index (χ3n) is 8.42. The summed E-state index contributed by atoms with van der Waals surface area (Å²) in [5, 5.41) is 13.6. The Kier molecular flexibility index (Phi) is 9.54. The average Bonchev–Trinajstić information content (AvgIpc) is 3.39. The van der Waals surface area contributed by atoms with Gasteiger partial charge in [0.25, 0.3) is 5.91 Å². The molecule has 0 unspecified atom stereocenters. The number of benzene rings is 1. The third kappa shape index (κ3) is 7.54. The summed E-state index contributed by atoms with van der Waals surface area (Å²) in [5.74, 6) is 1.87. The van der Waals surface area contributed by atoms with Gasteiger partial charge in [-0.25, -0.2) is 4.98 Å². The lowest BCUT2D eigenvalue weighted by atomic mass is 9.87. The van der Waals surface area contributed by atoms with Crippen LogP contribution in [0, 0.1) is 12.8 Å². The van der Waals surface area contributed by atoms with E-state index in [-0.39, 0.29) is 24.4 Å². The van der Waals surface area contributed by atoms with Crippen molar-refractivity contribution in [3.05, 3.63) is 76.8 Å². The van der Waals surface area contributed by atoms with Gasteiger partial charge < -0.3 is 24.5 Å². The highest BCUT2D eigenvalue weighted by atomic mass is 16.5. The van der Waals surface area contributed by atoms with Crippen molar-refractivity contribution in [1.29, 1.82) is 0 Å². The van der Waals surface area contributed by atoms with Gasteiger partial charge in [-0.15, -0.1) is 0 Å². The molecule has 10 heteroatoms. The molecule has 3 aromatic rings. The van der Waals surface area contributed by atoms with Gasteiger partial charge in [-0.3, -0.25) is 19.5 Å². The fourth-order valence-corrected chi connectivity index (χ4v) is 6.07. The molecule has 3 atom stereocenters. The molecular weight excluding hydrogens is 534 g/mol. The van der Waals surface area contributed by atoms with Gasteiger partial charge in [0.2, 0.25) is 5.91 Å². The molecule has 42 heavy (non-hydrogen) atoms. The lowest BCUT2D eigenvalue weighted by molar-refractivity contribution is -0.132. The minimum atomic E-state index is -0.683. The van der Waals surface area contributed by atoms with Crippen molar-refractivity contribution in [3.8, 4) is 5.75 Å². The molecule has 5 rings (SSSR count). The number of hydrogen-bond acceptors (Lipinski definition) is 8. The number of rotatable bonds is 10. The van der Waals surface area contributed by atoms with Crippen molar-refractivity contribution in [3.63, 3.8) is 0 Å². The SMILES string of the molecule is CC(=O)N1CC[C@H](Cc2cc(C(=O)NC[C@H](O)CN3CCc4cc(OCc5ocnc5C)ccc4C3)ccn2)C[C@H]1C. The lowest BCUT2D eigenvalue weighted by Crippen LogP contribution is -2.43. The van der Waals surface area contributed by atoms with Gasteiger partial charge in [-0.1, -0.05) is 6.07 Å². The second-order valence-electron chi connectivity index (χ2n) is 11.6. The molecule has 2 amide bonds. The number of β-amino-alcohol motifs (C(OH)–C–C–N with tert-alkyl or cyclic N) is 1. The predicted molar refractivity (Wildman–Crippen MR) is 157 cm³/mol. The summed E-state index contributed by atoms with van der Waals surface area (Å²) in [4.78, 5) is 37.4. The van der Waals surface area contributed by atoms with E-state index in [9.17, 15) is 14.7 Å². The number of amides is 2. The topological polar surface area (TPSA) is 121 Å². The quantitative estimate of drug-likeness (QED) is 0.378. The zero-order valence-electron chi connectivity index (χ0n) is 24.7. The van der Waals surface area contributed by atoms with Crippen molar-refractivity contribution in [2.45, 2.75) is 71.8 Å². The Balaban J connectivity index is 1.06. The number of piperidine rings is 1. The second kappa shape index (κ2) is 13.5. The fourth-order valence-electron chi connectivity index (χ4n) is 6.07. The number of aromatic nitrogens is 2. The number of pyridine rings is 1. The Morgan fingerprint density at radius 1 is 1.19 bits per heavy atom. The fraction of sp³-hybridized carbons (Fsp3) is 0.500. The van der Waals surface area contributed by atoms with Gasteiger partial charge in [-0.05, 0) is 80.8 Å². The summed E-state index contributed by atoms with van der Waals surface area (Å²) in [7, 11) is 0. The zero-order valence-corrected chi connectivity index (χ0v) is 24.7. The molecule has 1 saturated heterocycles. The Labute approximate surface area is 247 Å². The number of oxazole rings is 1. The van der Waals surface area contributed by atoms with Crippen LogP contribution in [0.1, 0.15) is 65.3 Å².